The Bertz CT molecular complexity index is 717. The molecule has 0 aliphatic heterocycles. The number of aliphatic imine (C=N–C) groups is 1. The minimum absolute atomic E-state index is 0.325. The molecule has 0 heterocycles. The zero-order valence-corrected chi connectivity index (χ0v) is 13.0. The maximum Gasteiger partial charge on any atom is 0.123 e. The van der Waals surface area contributed by atoms with Crippen LogP contribution in [-0.4, -0.2) is 5.71 Å². The highest BCUT2D eigenvalue weighted by Crippen LogP contribution is 2.75. The van der Waals surface area contributed by atoms with Gasteiger partial charge in [-0.05, 0) is 35.3 Å². The Morgan fingerprint density at radius 2 is 2.15 bits per heavy atom. The molecule has 20 heavy (non-hydrogen) atoms. The zero-order chi connectivity index (χ0) is 14.2. The molecule has 2 nitrogen and oxygen atoms in total. The Kier molecular flexibility index (Phi) is 2.36. The van der Waals surface area contributed by atoms with Crippen LogP contribution < -0.4 is 5.73 Å². The van der Waals surface area contributed by atoms with E-state index in [2.05, 4.69) is 62.0 Å². The van der Waals surface area contributed by atoms with E-state index in [9.17, 15) is 0 Å². The van der Waals surface area contributed by atoms with Crippen molar-refractivity contribution in [3.63, 3.8) is 0 Å². The van der Waals surface area contributed by atoms with Crippen molar-refractivity contribution < 1.29 is 0 Å². The molecule has 0 radical (unpaired) electrons. The Labute approximate surface area is 129 Å². The Balaban J connectivity index is 1.78. The summed E-state index contributed by atoms with van der Waals surface area (Å²) in [6.45, 7) is 6.50. The fraction of sp³-hybridized carbons (Fsp3) is 0.312. The predicted octanol–water partition coefficient (Wildman–Crippen LogP) is 3.39. The summed E-state index contributed by atoms with van der Waals surface area (Å²) in [5, 5.41) is 0.765. The van der Waals surface area contributed by atoms with Gasteiger partial charge in [0.15, 0.2) is 0 Å². The largest absolute Gasteiger partial charge is 0.392 e. The number of allylic oxidation sites excluding steroid dienone is 7. The van der Waals surface area contributed by atoms with Crippen LogP contribution >= 0.6 is 25.3 Å². The molecule has 2 fully saturated rings. The van der Waals surface area contributed by atoms with Gasteiger partial charge in [0.2, 0.25) is 0 Å². The van der Waals surface area contributed by atoms with Crippen LogP contribution in [0.3, 0.4) is 0 Å². The Morgan fingerprint density at radius 1 is 1.40 bits per heavy atom. The summed E-state index contributed by atoms with van der Waals surface area (Å²) in [6.07, 6.45) is 8.04. The van der Waals surface area contributed by atoms with Crippen molar-refractivity contribution in [1.82, 2.24) is 0 Å². The molecule has 5 rings (SSSR count). The third-order valence-electron chi connectivity index (χ3n) is 5.00. The van der Waals surface area contributed by atoms with E-state index < -0.39 is 0 Å². The van der Waals surface area contributed by atoms with Gasteiger partial charge in [-0.15, -0.1) is 25.3 Å². The molecule has 2 N–H and O–H groups in total. The van der Waals surface area contributed by atoms with Crippen LogP contribution in [0.5, 0.6) is 0 Å². The molecular weight excluding hydrogens is 284 g/mol. The molecule has 0 saturated heterocycles. The van der Waals surface area contributed by atoms with Crippen LogP contribution in [0.4, 0.5) is 0 Å². The van der Waals surface area contributed by atoms with Gasteiger partial charge in [0.05, 0.1) is 10.7 Å². The first-order chi connectivity index (χ1) is 9.41. The van der Waals surface area contributed by atoms with Crippen molar-refractivity contribution in [2.45, 2.75) is 13.3 Å². The average molecular weight is 300 g/mol. The van der Waals surface area contributed by atoms with E-state index in [4.69, 9.17) is 5.73 Å². The van der Waals surface area contributed by atoms with E-state index in [0.29, 0.717) is 27.3 Å². The van der Waals surface area contributed by atoms with Gasteiger partial charge in [-0.3, -0.25) is 0 Å². The van der Waals surface area contributed by atoms with E-state index in [1.165, 1.54) is 17.6 Å². The highest BCUT2D eigenvalue weighted by Gasteiger charge is 2.66. The minimum atomic E-state index is 0.325. The number of thiol groups is 2. The molecular formula is C16H16N2S2. The lowest BCUT2D eigenvalue weighted by atomic mass is 9.72. The first kappa shape index (κ1) is 12.6. The van der Waals surface area contributed by atoms with E-state index in [1.54, 1.807) is 5.57 Å². The number of hydrogen-bond donors (Lipinski definition) is 3. The van der Waals surface area contributed by atoms with Crippen molar-refractivity contribution in [3.05, 3.63) is 57.2 Å². The summed E-state index contributed by atoms with van der Waals surface area (Å²) < 4.78 is 0. The van der Waals surface area contributed by atoms with Crippen LogP contribution in [0.15, 0.2) is 62.1 Å². The average Bonchev–Trinajstić information content (AvgIpc) is 2.83. The van der Waals surface area contributed by atoms with Gasteiger partial charge in [0, 0.05) is 17.3 Å². The quantitative estimate of drug-likeness (QED) is 0.504. The molecule has 0 aromatic heterocycles. The van der Waals surface area contributed by atoms with E-state index >= 15 is 0 Å². The summed E-state index contributed by atoms with van der Waals surface area (Å²) in [7, 11) is 0. The molecule has 0 aromatic rings. The molecule has 2 unspecified atom stereocenters. The summed E-state index contributed by atoms with van der Waals surface area (Å²) in [6, 6.07) is 0. The van der Waals surface area contributed by atoms with Crippen molar-refractivity contribution >= 4 is 31.0 Å². The lowest BCUT2D eigenvalue weighted by Crippen LogP contribution is -2.22. The van der Waals surface area contributed by atoms with Crippen molar-refractivity contribution in [1.29, 1.82) is 0 Å². The van der Waals surface area contributed by atoms with Gasteiger partial charge < -0.3 is 5.73 Å². The van der Waals surface area contributed by atoms with Crippen molar-refractivity contribution in [3.8, 4) is 0 Å². The number of nitrogens with zero attached hydrogens (tertiary/aromatic N) is 1. The fourth-order valence-corrected chi connectivity index (χ4v) is 4.15. The molecule has 5 aliphatic rings. The molecule has 2 saturated carbocycles. The van der Waals surface area contributed by atoms with Crippen molar-refractivity contribution in [2.75, 3.05) is 0 Å². The minimum Gasteiger partial charge on any atom is -0.392 e. The van der Waals surface area contributed by atoms with Crippen molar-refractivity contribution in [2.24, 2.45) is 28.0 Å². The van der Waals surface area contributed by atoms with Gasteiger partial charge >= 0.3 is 0 Å². The molecule has 4 heteroatoms. The van der Waals surface area contributed by atoms with Crippen LogP contribution in [0, 0.1) is 17.3 Å². The second-order valence-corrected chi connectivity index (χ2v) is 7.12. The van der Waals surface area contributed by atoms with E-state index in [-0.39, 0.29) is 0 Å². The fourth-order valence-electron chi connectivity index (χ4n) is 3.99. The zero-order valence-electron chi connectivity index (χ0n) is 11.2. The maximum absolute atomic E-state index is 5.60. The monoisotopic (exact) mass is 300 g/mol. The van der Waals surface area contributed by atoms with Gasteiger partial charge in [-0.1, -0.05) is 25.2 Å². The molecule has 102 valence electrons. The predicted molar refractivity (Wildman–Crippen MR) is 89.7 cm³/mol. The molecule has 0 spiro atoms. The molecule has 3 atom stereocenters. The summed E-state index contributed by atoms with van der Waals surface area (Å²) in [5.74, 6) is 1.17. The standard InChI is InChI=1S/C16H16N2S2/c1-7-3-10-9(5-12(7)18-15(20)14(17)19)8-4-11-13(10)16(11,2)6-8/h3-5,8,13,19-20H,1,6,17H2,2H3/b15-14-,18-12-/t8?,13?,16-/m0/s1. The summed E-state index contributed by atoms with van der Waals surface area (Å²) >= 11 is 8.32. The number of hydrogen-bond acceptors (Lipinski definition) is 4. The molecule has 0 amide bonds. The van der Waals surface area contributed by atoms with Crippen LogP contribution in [0.25, 0.3) is 0 Å². The number of rotatable bonds is 1. The van der Waals surface area contributed by atoms with Gasteiger partial charge in [-0.25, -0.2) is 4.99 Å². The smallest absolute Gasteiger partial charge is 0.123 e. The first-order valence-corrected chi connectivity index (χ1v) is 7.62. The SMILES string of the molecule is C=C1C=C2C(=C/C1=N/C(S)=C(\N)S)C1C=C3C2[C@@]3(C)C1. The second kappa shape index (κ2) is 3.74. The maximum atomic E-state index is 5.60. The van der Waals surface area contributed by atoms with Crippen LogP contribution in [0.2, 0.25) is 0 Å². The second-order valence-electron chi connectivity index (χ2n) is 6.21. The highest BCUT2D eigenvalue weighted by molar-refractivity contribution is 7.88. The van der Waals surface area contributed by atoms with E-state index in [1.807, 2.05) is 0 Å². The first-order valence-electron chi connectivity index (χ1n) is 6.73. The summed E-state index contributed by atoms with van der Waals surface area (Å²) in [4.78, 5) is 4.43. The third kappa shape index (κ3) is 1.46. The molecule has 4 bridgehead atoms. The molecule has 0 aromatic carbocycles. The van der Waals surface area contributed by atoms with Gasteiger partial charge in [-0.2, -0.15) is 0 Å². The van der Waals surface area contributed by atoms with Gasteiger partial charge in [0.1, 0.15) is 5.03 Å². The topological polar surface area (TPSA) is 38.4 Å². The van der Waals surface area contributed by atoms with Crippen LogP contribution in [0.1, 0.15) is 13.3 Å². The highest BCUT2D eigenvalue weighted by atomic mass is 32.1. The third-order valence-corrected chi connectivity index (χ3v) is 5.73. The van der Waals surface area contributed by atoms with Crippen LogP contribution in [-0.2, 0) is 0 Å². The van der Waals surface area contributed by atoms with E-state index in [0.717, 1.165) is 11.3 Å². The Morgan fingerprint density at radius 3 is 2.75 bits per heavy atom. The van der Waals surface area contributed by atoms with Gasteiger partial charge in [0.25, 0.3) is 0 Å². The number of nitrogens with two attached hydrogens (primary N) is 1. The Hall–Kier alpha value is -1.13. The lowest BCUT2D eigenvalue weighted by molar-refractivity contribution is 0.432. The normalized spacial score (nSPS) is 39.9. The molecule has 5 aliphatic carbocycles. The summed E-state index contributed by atoms with van der Waals surface area (Å²) in [5.41, 5.74) is 12.3. The lowest BCUT2D eigenvalue weighted by Gasteiger charge is -2.31.